The number of ketones is 1. The number of carbonyl (C=O) groups is 1. The number of nitrogens with zero attached hydrogens (tertiary/aromatic N) is 3. The van der Waals surface area contributed by atoms with Crippen LogP contribution in [0.1, 0.15) is 30.1 Å². The normalized spacial score (nSPS) is 11.0. The SMILES string of the molecule is CCCCn1c(SCC(=O)c2ccc(F)cc2)nnc1-c1ccco1. The lowest BCUT2D eigenvalue weighted by Crippen LogP contribution is -2.06. The van der Waals surface area contributed by atoms with E-state index in [4.69, 9.17) is 4.42 Å². The number of aromatic nitrogens is 3. The van der Waals surface area contributed by atoms with Crippen LogP contribution >= 0.6 is 11.8 Å². The smallest absolute Gasteiger partial charge is 0.200 e. The second kappa shape index (κ2) is 8.11. The zero-order valence-corrected chi connectivity index (χ0v) is 14.6. The summed E-state index contributed by atoms with van der Waals surface area (Å²) in [5, 5.41) is 9.10. The molecule has 7 heteroatoms. The van der Waals surface area contributed by atoms with Crippen LogP contribution < -0.4 is 0 Å². The molecule has 0 spiro atoms. The van der Waals surface area contributed by atoms with Crippen LogP contribution in [0.4, 0.5) is 4.39 Å². The third kappa shape index (κ3) is 4.17. The Kier molecular flexibility index (Phi) is 5.65. The molecule has 0 N–H and O–H groups in total. The average molecular weight is 359 g/mol. The van der Waals surface area contributed by atoms with Crippen molar-refractivity contribution in [1.29, 1.82) is 0 Å². The standard InChI is InChI=1S/C18H18FN3O2S/c1-2-3-10-22-17(16-5-4-11-24-16)20-21-18(22)25-12-15(23)13-6-8-14(19)9-7-13/h4-9,11H,2-3,10,12H2,1H3. The van der Waals surface area contributed by atoms with Crippen LogP contribution in [0.3, 0.4) is 0 Å². The van der Waals surface area contributed by atoms with Crippen molar-refractivity contribution < 1.29 is 13.6 Å². The lowest BCUT2D eigenvalue weighted by atomic mass is 10.1. The summed E-state index contributed by atoms with van der Waals surface area (Å²) >= 11 is 1.33. The quantitative estimate of drug-likeness (QED) is 0.439. The van der Waals surface area contributed by atoms with Crippen molar-refractivity contribution in [1.82, 2.24) is 14.8 Å². The first-order valence-electron chi connectivity index (χ1n) is 8.07. The van der Waals surface area contributed by atoms with Gasteiger partial charge in [-0.3, -0.25) is 9.36 Å². The highest BCUT2D eigenvalue weighted by atomic mass is 32.2. The van der Waals surface area contributed by atoms with Gasteiger partial charge in [-0.15, -0.1) is 10.2 Å². The zero-order valence-electron chi connectivity index (χ0n) is 13.8. The van der Waals surface area contributed by atoms with E-state index in [2.05, 4.69) is 17.1 Å². The highest BCUT2D eigenvalue weighted by molar-refractivity contribution is 7.99. The van der Waals surface area contributed by atoms with E-state index in [0.29, 0.717) is 22.3 Å². The lowest BCUT2D eigenvalue weighted by molar-refractivity contribution is 0.102. The van der Waals surface area contributed by atoms with Crippen LogP contribution in [-0.2, 0) is 6.54 Å². The van der Waals surface area contributed by atoms with Crippen molar-refractivity contribution in [3.05, 3.63) is 54.0 Å². The van der Waals surface area contributed by atoms with Gasteiger partial charge in [-0.05, 0) is 42.8 Å². The first kappa shape index (κ1) is 17.4. The second-order valence-corrected chi connectivity index (χ2v) is 6.45. The molecular formula is C18H18FN3O2S. The van der Waals surface area contributed by atoms with Crippen LogP contribution in [-0.4, -0.2) is 26.3 Å². The number of hydrogen-bond donors (Lipinski definition) is 0. The Morgan fingerprint density at radius 2 is 2.04 bits per heavy atom. The summed E-state index contributed by atoms with van der Waals surface area (Å²) in [5.74, 6) is 1.10. The zero-order chi connectivity index (χ0) is 17.6. The van der Waals surface area contributed by atoms with Crippen molar-refractivity contribution in [2.75, 3.05) is 5.75 Å². The Balaban J connectivity index is 1.75. The predicted octanol–water partition coefficient (Wildman–Crippen LogP) is 4.45. The molecule has 0 aliphatic heterocycles. The fourth-order valence-corrected chi connectivity index (χ4v) is 3.21. The van der Waals surface area contributed by atoms with Crippen LogP contribution in [0, 0.1) is 5.82 Å². The summed E-state index contributed by atoms with van der Waals surface area (Å²) in [7, 11) is 0. The molecule has 0 aliphatic carbocycles. The highest BCUT2D eigenvalue weighted by Crippen LogP contribution is 2.25. The fraction of sp³-hybridized carbons (Fsp3) is 0.278. The van der Waals surface area contributed by atoms with Gasteiger partial charge in [-0.25, -0.2) is 4.39 Å². The van der Waals surface area contributed by atoms with E-state index < -0.39 is 0 Å². The molecule has 2 heterocycles. The van der Waals surface area contributed by atoms with E-state index in [-0.39, 0.29) is 17.4 Å². The Bertz CT molecular complexity index is 829. The molecule has 0 bridgehead atoms. The van der Waals surface area contributed by atoms with Gasteiger partial charge in [-0.2, -0.15) is 0 Å². The van der Waals surface area contributed by atoms with Gasteiger partial charge in [0.1, 0.15) is 5.82 Å². The molecule has 3 rings (SSSR count). The van der Waals surface area contributed by atoms with Crippen LogP contribution in [0.25, 0.3) is 11.6 Å². The summed E-state index contributed by atoms with van der Waals surface area (Å²) < 4.78 is 20.4. The number of unbranched alkanes of at least 4 members (excludes halogenated alkanes) is 1. The first-order chi connectivity index (χ1) is 12.2. The van der Waals surface area contributed by atoms with E-state index >= 15 is 0 Å². The summed E-state index contributed by atoms with van der Waals surface area (Å²) in [5.41, 5.74) is 0.486. The van der Waals surface area contributed by atoms with Gasteiger partial charge in [0.15, 0.2) is 22.5 Å². The second-order valence-electron chi connectivity index (χ2n) is 5.51. The molecule has 3 aromatic rings. The summed E-state index contributed by atoms with van der Waals surface area (Å²) in [6, 6.07) is 9.21. The van der Waals surface area contributed by atoms with E-state index in [1.54, 1.807) is 12.3 Å². The molecular weight excluding hydrogens is 341 g/mol. The molecule has 0 aliphatic rings. The van der Waals surface area contributed by atoms with E-state index in [0.717, 1.165) is 19.4 Å². The maximum atomic E-state index is 13.0. The first-order valence-corrected chi connectivity index (χ1v) is 9.06. The van der Waals surface area contributed by atoms with Crippen molar-refractivity contribution in [2.45, 2.75) is 31.5 Å². The highest BCUT2D eigenvalue weighted by Gasteiger charge is 2.17. The number of hydrogen-bond acceptors (Lipinski definition) is 5. The number of furan rings is 1. The van der Waals surface area contributed by atoms with Gasteiger partial charge in [0, 0.05) is 12.1 Å². The Labute approximate surface area is 149 Å². The molecule has 1 aromatic carbocycles. The fourth-order valence-electron chi connectivity index (χ4n) is 2.35. The molecule has 25 heavy (non-hydrogen) atoms. The van der Waals surface area contributed by atoms with Crippen LogP contribution in [0.5, 0.6) is 0 Å². The Morgan fingerprint density at radius 3 is 2.72 bits per heavy atom. The predicted molar refractivity (Wildman–Crippen MR) is 94.1 cm³/mol. The number of halogens is 1. The van der Waals surface area contributed by atoms with E-state index in [9.17, 15) is 9.18 Å². The molecule has 0 saturated heterocycles. The number of rotatable bonds is 8. The molecule has 0 radical (unpaired) electrons. The Hall–Kier alpha value is -2.41. The summed E-state index contributed by atoms with van der Waals surface area (Å²) in [6.45, 7) is 2.87. The van der Waals surface area contributed by atoms with Gasteiger partial charge in [0.2, 0.25) is 0 Å². The molecule has 0 saturated carbocycles. The summed E-state index contributed by atoms with van der Waals surface area (Å²) in [4.78, 5) is 12.3. The number of carbonyl (C=O) groups excluding carboxylic acids is 1. The third-order valence-electron chi connectivity index (χ3n) is 3.69. The molecule has 2 aromatic heterocycles. The minimum atomic E-state index is -0.355. The third-order valence-corrected chi connectivity index (χ3v) is 4.66. The Morgan fingerprint density at radius 1 is 1.24 bits per heavy atom. The van der Waals surface area contributed by atoms with Gasteiger partial charge < -0.3 is 4.42 Å². The number of benzene rings is 1. The minimum absolute atomic E-state index is 0.0745. The largest absolute Gasteiger partial charge is 0.461 e. The van der Waals surface area contributed by atoms with E-state index in [1.165, 1.54) is 36.0 Å². The topological polar surface area (TPSA) is 60.9 Å². The maximum absolute atomic E-state index is 13.0. The van der Waals surface area contributed by atoms with Crippen molar-refractivity contribution >= 4 is 17.5 Å². The van der Waals surface area contributed by atoms with Crippen molar-refractivity contribution in [3.63, 3.8) is 0 Å². The maximum Gasteiger partial charge on any atom is 0.200 e. The lowest BCUT2D eigenvalue weighted by Gasteiger charge is -2.08. The van der Waals surface area contributed by atoms with Crippen LogP contribution in [0.15, 0.2) is 52.2 Å². The van der Waals surface area contributed by atoms with Crippen LogP contribution in [0.2, 0.25) is 0 Å². The molecule has 130 valence electrons. The average Bonchev–Trinajstić information content (AvgIpc) is 3.27. The van der Waals surface area contributed by atoms with Gasteiger partial charge in [0.25, 0.3) is 0 Å². The van der Waals surface area contributed by atoms with E-state index in [1.807, 2.05) is 10.6 Å². The monoisotopic (exact) mass is 359 g/mol. The van der Waals surface area contributed by atoms with Gasteiger partial charge in [-0.1, -0.05) is 25.1 Å². The molecule has 0 amide bonds. The number of thioether (sulfide) groups is 1. The van der Waals surface area contributed by atoms with Crippen molar-refractivity contribution in [2.24, 2.45) is 0 Å². The van der Waals surface area contributed by atoms with Gasteiger partial charge in [0.05, 0.1) is 12.0 Å². The van der Waals surface area contributed by atoms with Crippen molar-refractivity contribution in [3.8, 4) is 11.6 Å². The number of Topliss-reactive ketones (excluding diaryl/α,β-unsaturated/α-hetero) is 1. The molecule has 0 unspecified atom stereocenters. The minimum Gasteiger partial charge on any atom is -0.461 e. The molecule has 5 nitrogen and oxygen atoms in total. The molecule has 0 atom stereocenters. The van der Waals surface area contributed by atoms with Gasteiger partial charge >= 0.3 is 0 Å². The molecule has 0 fully saturated rings. The summed E-state index contributed by atoms with van der Waals surface area (Å²) in [6.07, 6.45) is 3.61.